The van der Waals surface area contributed by atoms with Crippen molar-refractivity contribution in [2.75, 3.05) is 13.7 Å². The first-order valence-electron chi connectivity index (χ1n) is 11.0. The Hall–Kier alpha value is -3.16. The quantitative estimate of drug-likeness (QED) is 0.615. The molecule has 0 radical (unpaired) electrons. The summed E-state index contributed by atoms with van der Waals surface area (Å²) in [5.41, 5.74) is 2.84. The topological polar surface area (TPSA) is 67.9 Å². The Morgan fingerprint density at radius 1 is 1.12 bits per heavy atom. The summed E-state index contributed by atoms with van der Waals surface area (Å²) in [4.78, 5) is 27.6. The van der Waals surface area contributed by atoms with Crippen LogP contribution in [0.3, 0.4) is 0 Å². The first-order chi connectivity index (χ1) is 15.8. The van der Waals surface area contributed by atoms with Crippen molar-refractivity contribution in [3.05, 3.63) is 59.2 Å². The SMILES string of the molecule is COc1ccc(CCNC(=O)C2Cc3ccccc3CN2C(=O)CC(C)C)cc1OC(F)F. The number of nitrogens with zero attached hydrogens (tertiary/aromatic N) is 1. The molecule has 1 aliphatic rings. The Kier molecular flexibility index (Phi) is 8.25. The molecule has 1 aliphatic heterocycles. The third-order valence-electron chi connectivity index (χ3n) is 5.61. The molecule has 2 aromatic rings. The Morgan fingerprint density at radius 3 is 2.52 bits per heavy atom. The predicted molar refractivity (Wildman–Crippen MR) is 120 cm³/mol. The van der Waals surface area contributed by atoms with Crippen LogP contribution in [0.5, 0.6) is 11.5 Å². The first kappa shape index (κ1) is 24.5. The van der Waals surface area contributed by atoms with Crippen LogP contribution in [-0.2, 0) is 29.0 Å². The van der Waals surface area contributed by atoms with Gasteiger partial charge in [0.1, 0.15) is 6.04 Å². The highest BCUT2D eigenvalue weighted by Gasteiger charge is 2.34. The van der Waals surface area contributed by atoms with Gasteiger partial charge in [-0.15, -0.1) is 0 Å². The van der Waals surface area contributed by atoms with E-state index < -0.39 is 12.7 Å². The second-order valence-electron chi connectivity index (χ2n) is 8.51. The number of halogens is 2. The largest absolute Gasteiger partial charge is 0.493 e. The van der Waals surface area contributed by atoms with Crippen molar-refractivity contribution in [3.8, 4) is 11.5 Å². The van der Waals surface area contributed by atoms with Crippen LogP contribution < -0.4 is 14.8 Å². The number of amides is 2. The third-order valence-corrected chi connectivity index (χ3v) is 5.61. The summed E-state index contributed by atoms with van der Waals surface area (Å²) < 4.78 is 34.9. The van der Waals surface area contributed by atoms with Gasteiger partial charge in [-0.2, -0.15) is 8.78 Å². The number of hydrogen-bond donors (Lipinski definition) is 1. The van der Waals surface area contributed by atoms with Crippen LogP contribution in [0.15, 0.2) is 42.5 Å². The van der Waals surface area contributed by atoms with Gasteiger partial charge in [-0.3, -0.25) is 9.59 Å². The number of fused-ring (bicyclic) bond motifs is 1. The molecule has 0 aliphatic carbocycles. The average Bonchev–Trinajstić information content (AvgIpc) is 2.77. The summed E-state index contributed by atoms with van der Waals surface area (Å²) in [5, 5.41) is 2.91. The van der Waals surface area contributed by atoms with Crippen LogP contribution in [0.1, 0.15) is 37.0 Å². The van der Waals surface area contributed by atoms with Crippen molar-refractivity contribution in [2.24, 2.45) is 5.92 Å². The fourth-order valence-corrected chi connectivity index (χ4v) is 4.00. The molecule has 1 unspecified atom stereocenters. The highest BCUT2D eigenvalue weighted by atomic mass is 19.3. The van der Waals surface area contributed by atoms with Crippen LogP contribution in [0.25, 0.3) is 0 Å². The van der Waals surface area contributed by atoms with Crippen molar-refractivity contribution in [3.63, 3.8) is 0 Å². The van der Waals surface area contributed by atoms with Gasteiger partial charge in [0.05, 0.1) is 7.11 Å². The fraction of sp³-hybridized carbons (Fsp3) is 0.440. The van der Waals surface area contributed by atoms with Crippen LogP contribution in [0.4, 0.5) is 8.78 Å². The maximum absolute atomic E-state index is 13.1. The predicted octanol–water partition coefficient (Wildman–Crippen LogP) is 3.95. The second kappa shape index (κ2) is 11.1. The zero-order chi connectivity index (χ0) is 24.0. The van der Waals surface area contributed by atoms with E-state index in [0.29, 0.717) is 37.9 Å². The molecule has 0 spiro atoms. The zero-order valence-electron chi connectivity index (χ0n) is 19.1. The molecule has 2 aromatic carbocycles. The van der Waals surface area contributed by atoms with E-state index in [4.69, 9.17) is 4.74 Å². The summed E-state index contributed by atoms with van der Waals surface area (Å²) in [7, 11) is 1.38. The number of ether oxygens (including phenoxy) is 2. The summed E-state index contributed by atoms with van der Waals surface area (Å²) in [6.45, 7) is 1.70. The van der Waals surface area contributed by atoms with E-state index in [9.17, 15) is 18.4 Å². The Labute approximate surface area is 192 Å². The fourth-order valence-electron chi connectivity index (χ4n) is 4.00. The van der Waals surface area contributed by atoms with Crippen LogP contribution in [0.2, 0.25) is 0 Å². The highest BCUT2D eigenvalue weighted by Crippen LogP contribution is 2.30. The molecule has 0 fully saturated rings. The number of rotatable bonds is 9. The summed E-state index contributed by atoms with van der Waals surface area (Å²) >= 11 is 0. The molecular weight excluding hydrogens is 430 g/mol. The molecule has 1 N–H and O–H groups in total. The minimum absolute atomic E-state index is 0.0383. The molecule has 0 bridgehead atoms. The van der Waals surface area contributed by atoms with Crippen LogP contribution in [-0.4, -0.2) is 43.0 Å². The molecule has 0 saturated heterocycles. The van der Waals surface area contributed by atoms with E-state index >= 15 is 0 Å². The summed E-state index contributed by atoms with van der Waals surface area (Å²) in [6.07, 6.45) is 1.25. The highest BCUT2D eigenvalue weighted by molar-refractivity contribution is 5.88. The number of carbonyl (C=O) groups excluding carboxylic acids is 2. The lowest BCUT2D eigenvalue weighted by molar-refractivity contribution is -0.142. The number of alkyl halides is 2. The van der Waals surface area contributed by atoms with Gasteiger partial charge < -0.3 is 19.7 Å². The van der Waals surface area contributed by atoms with Gasteiger partial charge in [0.2, 0.25) is 11.8 Å². The van der Waals surface area contributed by atoms with Crippen molar-refractivity contribution in [1.29, 1.82) is 0 Å². The van der Waals surface area contributed by atoms with E-state index in [1.54, 1.807) is 17.0 Å². The van der Waals surface area contributed by atoms with Gasteiger partial charge in [0, 0.05) is 25.9 Å². The lowest BCUT2D eigenvalue weighted by atomic mass is 9.92. The Morgan fingerprint density at radius 2 is 1.85 bits per heavy atom. The Bertz CT molecular complexity index is 981. The number of nitrogens with one attached hydrogen (secondary N) is 1. The molecule has 3 rings (SSSR count). The number of benzene rings is 2. The molecule has 0 aromatic heterocycles. The minimum atomic E-state index is -2.96. The first-order valence-corrected chi connectivity index (χ1v) is 11.0. The lowest BCUT2D eigenvalue weighted by Crippen LogP contribution is -2.53. The molecule has 33 heavy (non-hydrogen) atoms. The van der Waals surface area contributed by atoms with Crippen molar-refractivity contribution >= 4 is 11.8 Å². The van der Waals surface area contributed by atoms with Crippen molar-refractivity contribution in [2.45, 2.75) is 52.3 Å². The summed E-state index contributed by atoms with van der Waals surface area (Å²) in [6, 6.07) is 12.0. The van der Waals surface area contributed by atoms with E-state index in [2.05, 4.69) is 10.1 Å². The monoisotopic (exact) mass is 460 g/mol. The second-order valence-corrected chi connectivity index (χ2v) is 8.51. The molecule has 6 nitrogen and oxygen atoms in total. The van der Waals surface area contributed by atoms with Gasteiger partial charge in [0.25, 0.3) is 0 Å². The van der Waals surface area contributed by atoms with E-state index in [0.717, 1.165) is 11.1 Å². The number of hydrogen-bond acceptors (Lipinski definition) is 4. The molecule has 0 saturated carbocycles. The molecule has 1 heterocycles. The summed E-state index contributed by atoms with van der Waals surface area (Å²) in [5.74, 6) is 0.0924. The van der Waals surface area contributed by atoms with Crippen molar-refractivity contribution < 1.29 is 27.8 Å². The molecule has 8 heteroatoms. The van der Waals surface area contributed by atoms with Crippen LogP contribution >= 0.6 is 0 Å². The molecular formula is C25H30F2N2O4. The molecule has 2 amide bonds. The van der Waals surface area contributed by atoms with E-state index in [-0.39, 0.29) is 29.2 Å². The van der Waals surface area contributed by atoms with Gasteiger partial charge in [-0.05, 0) is 41.2 Å². The van der Waals surface area contributed by atoms with Gasteiger partial charge >= 0.3 is 6.61 Å². The van der Waals surface area contributed by atoms with E-state index in [1.165, 1.54) is 13.2 Å². The standard InChI is InChI=1S/C25H30F2N2O4/c1-16(2)12-23(30)29-15-19-7-5-4-6-18(19)14-20(29)24(31)28-11-10-17-8-9-21(32-3)22(13-17)33-25(26)27/h4-9,13,16,20,25H,10-12,14-15H2,1-3H3,(H,28,31). The Balaban J connectivity index is 1.67. The minimum Gasteiger partial charge on any atom is -0.493 e. The zero-order valence-corrected chi connectivity index (χ0v) is 19.1. The number of methoxy groups -OCH3 is 1. The average molecular weight is 461 g/mol. The van der Waals surface area contributed by atoms with E-state index in [1.807, 2.05) is 38.1 Å². The van der Waals surface area contributed by atoms with Gasteiger partial charge in [0.15, 0.2) is 11.5 Å². The van der Waals surface area contributed by atoms with Crippen molar-refractivity contribution in [1.82, 2.24) is 10.2 Å². The molecule has 1 atom stereocenters. The van der Waals surface area contributed by atoms with Gasteiger partial charge in [-0.25, -0.2) is 0 Å². The normalized spacial score (nSPS) is 15.4. The van der Waals surface area contributed by atoms with Crippen LogP contribution in [0, 0.1) is 5.92 Å². The maximum atomic E-state index is 13.1. The van der Waals surface area contributed by atoms with Gasteiger partial charge in [-0.1, -0.05) is 44.2 Å². The maximum Gasteiger partial charge on any atom is 0.387 e. The lowest BCUT2D eigenvalue weighted by Gasteiger charge is -2.36. The third kappa shape index (κ3) is 6.43. The smallest absolute Gasteiger partial charge is 0.387 e. The number of carbonyl (C=O) groups is 2. The molecule has 178 valence electrons.